The standard InChI is InChI=1S/C36H27NOSi/c1-4-15-28(16-5-1)39(29-17-6-2-7-18-29,30-19-8-3-9-20-30)31-21-12-14-27(26-31)37-34-24-13-23-33-32-22-10-11-25-35(32)38-36(33)34/h1-26,37H/q-1. The SMILES string of the molecule is c1ccc([Si-](c2ccccc2)(c2ccccc2)c2cccc(Nc3cccc4c3oc3ccccc34)c2)cc1. The van der Waals surface area contributed by atoms with Crippen molar-refractivity contribution in [3.05, 3.63) is 158 Å². The molecule has 187 valence electrons. The van der Waals surface area contributed by atoms with E-state index in [4.69, 9.17) is 4.42 Å². The molecule has 6 aromatic carbocycles. The van der Waals surface area contributed by atoms with Gasteiger partial charge in [0, 0.05) is 16.5 Å². The number of anilines is 2. The van der Waals surface area contributed by atoms with Crippen LogP contribution in [0, 0.1) is 0 Å². The number of para-hydroxylation sites is 2. The highest BCUT2D eigenvalue weighted by atomic mass is 28.3. The van der Waals surface area contributed by atoms with Crippen LogP contribution in [0.2, 0.25) is 0 Å². The van der Waals surface area contributed by atoms with E-state index >= 15 is 0 Å². The highest BCUT2D eigenvalue weighted by Gasteiger charge is 2.28. The third kappa shape index (κ3) is 3.95. The first-order valence-electron chi connectivity index (χ1n) is 13.3. The van der Waals surface area contributed by atoms with Gasteiger partial charge in [-0.1, -0.05) is 140 Å². The first-order valence-corrected chi connectivity index (χ1v) is 15.3. The number of rotatable bonds is 6. The largest absolute Gasteiger partial charge is 0.454 e. The zero-order valence-corrected chi connectivity index (χ0v) is 22.4. The fourth-order valence-corrected chi connectivity index (χ4v) is 10.7. The Morgan fingerprint density at radius 1 is 0.436 bits per heavy atom. The summed E-state index contributed by atoms with van der Waals surface area (Å²) < 4.78 is 6.31. The molecule has 7 aromatic rings. The van der Waals surface area contributed by atoms with Gasteiger partial charge in [-0.25, -0.2) is 0 Å². The second-order valence-electron chi connectivity index (χ2n) is 9.83. The molecule has 0 bridgehead atoms. The summed E-state index contributed by atoms with van der Waals surface area (Å²) in [5, 5.41) is 11.4. The molecule has 1 aromatic heterocycles. The van der Waals surface area contributed by atoms with Gasteiger partial charge < -0.3 is 9.73 Å². The molecule has 0 saturated heterocycles. The summed E-state index contributed by atoms with van der Waals surface area (Å²) in [6.45, 7) is 0. The van der Waals surface area contributed by atoms with E-state index in [2.05, 4.69) is 151 Å². The maximum Gasteiger partial charge on any atom is 0.158 e. The van der Waals surface area contributed by atoms with Gasteiger partial charge in [0.1, 0.15) is 5.58 Å². The van der Waals surface area contributed by atoms with Gasteiger partial charge in [0.05, 0.1) is 5.69 Å². The summed E-state index contributed by atoms with van der Waals surface area (Å²) in [5.74, 6) is 0. The number of nitrogens with one attached hydrogen (secondary N) is 1. The third-order valence-corrected chi connectivity index (χ3v) is 12.4. The van der Waals surface area contributed by atoms with E-state index in [0.717, 1.165) is 33.3 Å². The molecule has 2 nitrogen and oxygen atoms in total. The summed E-state index contributed by atoms with van der Waals surface area (Å²) in [4.78, 5) is 0. The summed E-state index contributed by atoms with van der Waals surface area (Å²) in [5.41, 5.74) is 3.79. The van der Waals surface area contributed by atoms with Gasteiger partial charge in [-0.05, 0) is 26.3 Å². The molecule has 1 heterocycles. The van der Waals surface area contributed by atoms with Gasteiger partial charge in [-0.2, -0.15) is 20.7 Å². The van der Waals surface area contributed by atoms with Crippen molar-refractivity contribution in [3.63, 3.8) is 0 Å². The molecular formula is C36H27NOSi-. The molecular weight excluding hydrogens is 490 g/mol. The van der Waals surface area contributed by atoms with Crippen LogP contribution in [-0.2, 0) is 0 Å². The van der Waals surface area contributed by atoms with E-state index in [1.807, 2.05) is 12.1 Å². The zero-order chi connectivity index (χ0) is 26.1. The number of hydrogen-bond acceptors (Lipinski definition) is 2. The highest BCUT2D eigenvalue weighted by molar-refractivity contribution is 7.19. The predicted molar refractivity (Wildman–Crippen MR) is 167 cm³/mol. The van der Waals surface area contributed by atoms with Gasteiger partial charge in [0.25, 0.3) is 0 Å². The first kappa shape index (κ1) is 23.3. The van der Waals surface area contributed by atoms with Crippen LogP contribution in [0.5, 0.6) is 0 Å². The first-order chi connectivity index (χ1) is 19.3. The van der Waals surface area contributed by atoms with Gasteiger partial charge in [0.15, 0.2) is 5.58 Å². The van der Waals surface area contributed by atoms with Crippen LogP contribution in [0.15, 0.2) is 162 Å². The molecule has 0 aliphatic heterocycles. The van der Waals surface area contributed by atoms with Crippen molar-refractivity contribution in [2.24, 2.45) is 0 Å². The summed E-state index contributed by atoms with van der Waals surface area (Å²) in [6.07, 6.45) is 0. The second-order valence-corrected chi connectivity index (χ2v) is 13.6. The lowest BCUT2D eigenvalue weighted by Crippen LogP contribution is -2.74. The van der Waals surface area contributed by atoms with Crippen LogP contribution in [-0.4, -0.2) is 8.07 Å². The van der Waals surface area contributed by atoms with Crippen LogP contribution in [0.3, 0.4) is 0 Å². The molecule has 0 fully saturated rings. The molecule has 0 aliphatic rings. The molecule has 0 saturated carbocycles. The maximum atomic E-state index is 6.31. The van der Waals surface area contributed by atoms with Gasteiger partial charge in [-0.15, -0.1) is 0 Å². The predicted octanol–water partition coefficient (Wildman–Crippen LogP) is 6.71. The topological polar surface area (TPSA) is 25.2 Å². The Morgan fingerprint density at radius 2 is 0.949 bits per heavy atom. The normalized spacial score (nSPS) is 11.6. The van der Waals surface area contributed by atoms with E-state index in [0.29, 0.717) is 0 Å². The molecule has 0 atom stereocenters. The quantitative estimate of drug-likeness (QED) is 0.196. The van der Waals surface area contributed by atoms with Crippen molar-refractivity contribution in [3.8, 4) is 0 Å². The van der Waals surface area contributed by atoms with Crippen LogP contribution in [0.25, 0.3) is 21.9 Å². The second kappa shape index (κ2) is 9.79. The fourth-order valence-electron chi connectivity index (χ4n) is 5.90. The summed E-state index contributed by atoms with van der Waals surface area (Å²) in [7, 11) is -2.59. The van der Waals surface area contributed by atoms with Crippen LogP contribution in [0.1, 0.15) is 0 Å². The summed E-state index contributed by atoms with van der Waals surface area (Å²) >= 11 is 0. The maximum absolute atomic E-state index is 6.31. The van der Waals surface area contributed by atoms with Crippen molar-refractivity contribution in [1.82, 2.24) is 0 Å². The number of fused-ring (bicyclic) bond motifs is 3. The van der Waals surface area contributed by atoms with Crippen molar-refractivity contribution in [1.29, 1.82) is 0 Å². The Bertz CT molecular complexity index is 1780. The zero-order valence-electron chi connectivity index (χ0n) is 21.4. The van der Waals surface area contributed by atoms with Gasteiger partial charge in [-0.3, -0.25) is 0 Å². The van der Waals surface area contributed by atoms with E-state index in [1.165, 1.54) is 20.7 Å². The molecule has 0 amide bonds. The molecule has 7 rings (SSSR count). The Hall–Kier alpha value is -4.86. The average Bonchev–Trinajstić information content (AvgIpc) is 3.40. The Kier molecular flexibility index (Phi) is 5.84. The van der Waals surface area contributed by atoms with Crippen LogP contribution < -0.4 is 26.1 Å². The highest BCUT2D eigenvalue weighted by Crippen LogP contribution is 2.34. The van der Waals surface area contributed by atoms with E-state index in [1.54, 1.807) is 0 Å². The molecule has 0 spiro atoms. The minimum absolute atomic E-state index is 0.877. The Morgan fingerprint density at radius 3 is 1.59 bits per heavy atom. The molecule has 0 radical (unpaired) electrons. The van der Waals surface area contributed by atoms with Crippen molar-refractivity contribution in [2.75, 3.05) is 5.32 Å². The molecule has 3 heteroatoms. The minimum Gasteiger partial charge on any atom is -0.454 e. The number of furan rings is 1. The van der Waals surface area contributed by atoms with Gasteiger partial charge in [0.2, 0.25) is 0 Å². The Balaban J connectivity index is 1.43. The lowest BCUT2D eigenvalue weighted by molar-refractivity contribution is 0.670. The molecule has 0 aliphatic carbocycles. The van der Waals surface area contributed by atoms with Crippen LogP contribution >= 0.6 is 0 Å². The smallest absolute Gasteiger partial charge is 0.158 e. The number of benzene rings is 6. The number of hydrogen-bond donors (Lipinski definition) is 1. The molecule has 0 unspecified atom stereocenters. The third-order valence-electron chi connectivity index (χ3n) is 7.60. The lowest BCUT2D eigenvalue weighted by Gasteiger charge is -2.47. The van der Waals surface area contributed by atoms with E-state index < -0.39 is 8.07 Å². The molecule has 1 N–H and O–H groups in total. The van der Waals surface area contributed by atoms with E-state index in [9.17, 15) is 0 Å². The Labute approximate surface area is 229 Å². The van der Waals surface area contributed by atoms with Crippen molar-refractivity contribution < 1.29 is 4.42 Å². The van der Waals surface area contributed by atoms with E-state index in [-0.39, 0.29) is 0 Å². The van der Waals surface area contributed by atoms with Gasteiger partial charge >= 0.3 is 0 Å². The van der Waals surface area contributed by atoms with Crippen molar-refractivity contribution >= 4 is 62.1 Å². The molecule has 39 heavy (non-hydrogen) atoms. The van der Waals surface area contributed by atoms with Crippen molar-refractivity contribution in [2.45, 2.75) is 0 Å². The van der Waals surface area contributed by atoms with Crippen LogP contribution in [0.4, 0.5) is 11.4 Å². The lowest BCUT2D eigenvalue weighted by atomic mass is 10.1. The minimum atomic E-state index is -2.59. The summed E-state index contributed by atoms with van der Waals surface area (Å²) in [6, 6.07) is 56.5. The average molecular weight is 518 g/mol. The monoisotopic (exact) mass is 517 g/mol. The fraction of sp³-hybridized carbons (Fsp3) is 0.